The highest BCUT2D eigenvalue weighted by atomic mass is 16.5. The molecule has 1 saturated heterocycles. The van der Waals surface area contributed by atoms with Crippen LogP contribution in [0.1, 0.15) is 31.0 Å². The number of nitrogens with zero attached hydrogens (tertiary/aromatic N) is 3. The molecule has 1 amide bonds. The van der Waals surface area contributed by atoms with Gasteiger partial charge in [-0.3, -0.25) is 9.59 Å². The number of carbonyl (C=O) groups excluding carboxylic acids is 2. The first-order chi connectivity index (χ1) is 17.8. The van der Waals surface area contributed by atoms with Crippen molar-refractivity contribution in [3.63, 3.8) is 0 Å². The Kier molecular flexibility index (Phi) is 7.92. The van der Waals surface area contributed by atoms with Crippen molar-refractivity contribution < 1.29 is 28.9 Å². The lowest BCUT2D eigenvalue weighted by Gasteiger charge is -2.28. The third-order valence-corrected chi connectivity index (χ3v) is 6.54. The van der Waals surface area contributed by atoms with E-state index in [1.807, 2.05) is 50.9 Å². The number of anilines is 1. The fraction of sp³-hybridized carbons (Fsp3) is 0.429. The minimum Gasteiger partial charge on any atom is -0.507 e. The zero-order valence-corrected chi connectivity index (χ0v) is 22.1. The maximum Gasteiger partial charge on any atom is 0.295 e. The highest BCUT2D eigenvalue weighted by Gasteiger charge is 2.46. The van der Waals surface area contributed by atoms with Crippen LogP contribution in [0.5, 0.6) is 17.2 Å². The van der Waals surface area contributed by atoms with E-state index in [0.717, 1.165) is 5.69 Å². The molecule has 0 bridgehead atoms. The Morgan fingerprint density at radius 1 is 1.08 bits per heavy atom. The summed E-state index contributed by atoms with van der Waals surface area (Å²) >= 11 is 0. The van der Waals surface area contributed by atoms with Gasteiger partial charge in [0.25, 0.3) is 11.7 Å². The van der Waals surface area contributed by atoms with Gasteiger partial charge in [-0.05, 0) is 63.8 Å². The molecule has 1 fully saturated rings. The van der Waals surface area contributed by atoms with Gasteiger partial charge < -0.3 is 34.0 Å². The van der Waals surface area contributed by atoms with Gasteiger partial charge in [0.1, 0.15) is 18.1 Å². The average molecular weight is 510 g/mol. The second-order valence-corrected chi connectivity index (χ2v) is 9.32. The minimum absolute atomic E-state index is 0.0506. The van der Waals surface area contributed by atoms with Crippen molar-refractivity contribution >= 4 is 23.1 Å². The molecule has 1 atom stereocenters. The largest absolute Gasteiger partial charge is 0.507 e. The molecular weight excluding hydrogens is 474 g/mol. The van der Waals surface area contributed by atoms with E-state index >= 15 is 0 Å². The Morgan fingerprint density at radius 2 is 1.81 bits per heavy atom. The zero-order valence-electron chi connectivity index (χ0n) is 22.1. The first-order valence-corrected chi connectivity index (χ1v) is 12.6. The normalized spacial score (nSPS) is 18.7. The number of aliphatic hydroxyl groups is 1. The molecule has 0 radical (unpaired) electrons. The van der Waals surface area contributed by atoms with Crippen LogP contribution in [0.4, 0.5) is 5.69 Å². The molecule has 2 aliphatic rings. The highest BCUT2D eigenvalue weighted by Crippen LogP contribution is 2.43. The predicted octanol–water partition coefficient (Wildman–Crippen LogP) is 3.30. The van der Waals surface area contributed by atoms with Gasteiger partial charge in [0, 0.05) is 25.7 Å². The molecule has 0 saturated carbocycles. The van der Waals surface area contributed by atoms with Gasteiger partial charge in [0.2, 0.25) is 0 Å². The van der Waals surface area contributed by atoms with Gasteiger partial charge in [-0.25, -0.2) is 0 Å². The van der Waals surface area contributed by atoms with E-state index in [-0.39, 0.29) is 11.3 Å². The van der Waals surface area contributed by atoms with Crippen LogP contribution in [0.25, 0.3) is 5.76 Å². The van der Waals surface area contributed by atoms with Crippen LogP contribution < -0.4 is 19.1 Å². The van der Waals surface area contributed by atoms with Crippen LogP contribution in [-0.4, -0.2) is 87.2 Å². The fourth-order valence-electron chi connectivity index (χ4n) is 4.66. The first-order valence-electron chi connectivity index (χ1n) is 12.6. The van der Waals surface area contributed by atoms with E-state index in [9.17, 15) is 14.7 Å². The van der Waals surface area contributed by atoms with Crippen LogP contribution in [-0.2, 0) is 9.59 Å². The molecule has 9 heteroatoms. The number of carbonyl (C=O) groups is 2. The topological polar surface area (TPSA) is 91.8 Å². The molecule has 198 valence electrons. The highest BCUT2D eigenvalue weighted by molar-refractivity contribution is 6.46. The summed E-state index contributed by atoms with van der Waals surface area (Å²) in [5.74, 6) is 0.239. The third-order valence-electron chi connectivity index (χ3n) is 6.54. The number of rotatable bonds is 9. The van der Waals surface area contributed by atoms with Gasteiger partial charge in [-0.15, -0.1) is 0 Å². The number of hydrogen-bond donors (Lipinski definition) is 1. The van der Waals surface area contributed by atoms with Gasteiger partial charge in [0.15, 0.2) is 11.5 Å². The number of amides is 1. The number of likely N-dealkylation sites (tertiary alicyclic amines) is 1. The Morgan fingerprint density at radius 3 is 2.51 bits per heavy atom. The lowest BCUT2D eigenvalue weighted by Crippen LogP contribution is -2.35. The van der Waals surface area contributed by atoms with E-state index in [2.05, 4.69) is 0 Å². The fourth-order valence-corrected chi connectivity index (χ4v) is 4.66. The summed E-state index contributed by atoms with van der Waals surface area (Å²) in [4.78, 5) is 32.1. The van der Waals surface area contributed by atoms with Crippen LogP contribution in [0.3, 0.4) is 0 Å². The van der Waals surface area contributed by atoms with Crippen molar-refractivity contribution in [2.75, 3.05) is 65.5 Å². The van der Waals surface area contributed by atoms with Crippen molar-refractivity contribution in [1.82, 2.24) is 9.80 Å². The summed E-state index contributed by atoms with van der Waals surface area (Å²) in [5, 5.41) is 11.5. The number of likely N-dealkylation sites (N-methyl/N-ethyl adjacent to an activating group) is 2. The van der Waals surface area contributed by atoms with Crippen LogP contribution >= 0.6 is 0 Å². The molecule has 0 aliphatic carbocycles. The Labute approximate surface area is 217 Å². The molecule has 4 rings (SSSR count). The van der Waals surface area contributed by atoms with Gasteiger partial charge in [0.05, 0.1) is 37.1 Å². The quantitative estimate of drug-likeness (QED) is 0.313. The van der Waals surface area contributed by atoms with Gasteiger partial charge in [-0.1, -0.05) is 6.07 Å². The number of benzene rings is 2. The summed E-state index contributed by atoms with van der Waals surface area (Å²) in [6, 6.07) is 9.88. The molecule has 0 aromatic heterocycles. The molecule has 2 aromatic rings. The Bertz CT molecular complexity index is 1210. The monoisotopic (exact) mass is 509 g/mol. The summed E-state index contributed by atoms with van der Waals surface area (Å²) in [6.45, 7) is 6.82. The maximum atomic E-state index is 13.4. The maximum absolute atomic E-state index is 13.4. The molecular formula is C28H35N3O6. The predicted molar refractivity (Wildman–Crippen MR) is 142 cm³/mol. The van der Waals surface area contributed by atoms with E-state index < -0.39 is 17.7 Å². The molecule has 2 heterocycles. The average Bonchev–Trinajstić information content (AvgIpc) is 3.13. The number of fused-ring (bicyclic) bond motifs is 1. The summed E-state index contributed by atoms with van der Waals surface area (Å²) in [6.07, 6.45) is 0. The summed E-state index contributed by atoms with van der Waals surface area (Å²) in [5.41, 5.74) is 1.97. The lowest BCUT2D eigenvalue weighted by atomic mass is 9.94. The minimum atomic E-state index is -0.778. The van der Waals surface area contributed by atoms with Gasteiger partial charge in [-0.2, -0.15) is 0 Å². The Hall–Kier alpha value is -3.72. The zero-order chi connectivity index (χ0) is 26.7. The number of ether oxygens (including phenoxy) is 3. The number of hydrogen-bond acceptors (Lipinski definition) is 8. The number of aliphatic hydroxyl groups excluding tert-OH is 1. The number of Topliss-reactive ketones (excluding diaryl/α,β-unsaturated/α-hetero) is 1. The summed E-state index contributed by atoms with van der Waals surface area (Å²) < 4.78 is 17.2. The van der Waals surface area contributed by atoms with Crippen molar-refractivity contribution in [3.8, 4) is 17.2 Å². The molecule has 1 N–H and O–H groups in total. The van der Waals surface area contributed by atoms with Crippen LogP contribution in [0.2, 0.25) is 0 Å². The van der Waals surface area contributed by atoms with Crippen molar-refractivity contribution in [2.45, 2.75) is 19.9 Å². The standard InChI is InChI=1S/C28H35N3O6/c1-6-35-22-11-8-18(17-23(22)36-7-2)25-24(27(33)28(34)31(25)13-12-29(3)4)26(32)19-9-10-21-20(16-19)30(5)14-15-37-21/h8-11,16-17,25,32H,6-7,12-15H2,1-5H3/b26-24+. The molecule has 37 heavy (non-hydrogen) atoms. The van der Waals surface area contributed by atoms with Gasteiger partial charge >= 0.3 is 0 Å². The second-order valence-electron chi connectivity index (χ2n) is 9.32. The SMILES string of the molecule is CCOc1ccc(C2/C(=C(\O)c3ccc4c(c3)N(C)CCO4)C(=O)C(=O)N2CCN(C)C)cc1OCC. The molecule has 9 nitrogen and oxygen atoms in total. The lowest BCUT2D eigenvalue weighted by molar-refractivity contribution is -0.140. The van der Waals surface area contributed by atoms with Crippen LogP contribution in [0.15, 0.2) is 42.0 Å². The van der Waals surface area contributed by atoms with Crippen molar-refractivity contribution in [3.05, 3.63) is 53.1 Å². The Balaban J connectivity index is 1.85. The second kappa shape index (κ2) is 11.1. The van der Waals surface area contributed by atoms with Crippen LogP contribution in [0, 0.1) is 0 Å². The van der Waals surface area contributed by atoms with E-state index in [0.29, 0.717) is 67.8 Å². The van der Waals surface area contributed by atoms with E-state index in [1.165, 1.54) is 4.90 Å². The van der Waals surface area contributed by atoms with E-state index in [4.69, 9.17) is 14.2 Å². The third kappa shape index (κ3) is 5.22. The van der Waals surface area contributed by atoms with E-state index in [1.54, 1.807) is 30.3 Å². The first kappa shape index (κ1) is 26.3. The number of ketones is 1. The molecule has 2 aromatic carbocycles. The van der Waals surface area contributed by atoms with Crippen molar-refractivity contribution in [2.24, 2.45) is 0 Å². The van der Waals surface area contributed by atoms with Crippen molar-refractivity contribution in [1.29, 1.82) is 0 Å². The molecule has 2 aliphatic heterocycles. The molecule has 0 spiro atoms. The summed E-state index contributed by atoms with van der Waals surface area (Å²) in [7, 11) is 5.75. The smallest absolute Gasteiger partial charge is 0.295 e. The molecule has 1 unspecified atom stereocenters.